The SMILES string of the molecule is C=C(C)COC(=O)N=C(N)c1ccc(N[C@@H](c2nc(OCOC(=O)OC(CC)CC)n(-c3ncccn3)n2)c2cc(OC)cc(OCC)c2F)cc1. The van der Waals surface area contributed by atoms with E-state index >= 15 is 4.39 Å². The molecule has 0 aliphatic carbocycles. The first-order valence-electron chi connectivity index (χ1n) is 16.3. The van der Waals surface area contributed by atoms with Crippen molar-refractivity contribution in [3.05, 3.63) is 89.8 Å². The van der Waals surface area contributed by atoms with E-state index in [4.69, 9.17) is 34.2 Å². The molecule has 0 fully saturated rings. The van der Waals surface area contributed by atoms with E-state index in [9.17, 15) is 9.59 Å². The van der Waals surface area contributed by atoms with Crippen LogP contribution in [0.25, 0.3) is 5.95 Å². The summed E-state index contributed by atoms with van der Waals surface area (Å²) in [4.78, 5) is 41.1. The van der Waals surface area contributed by atoms with Gasteiger partial charge in [-0.15, -0.1) is 9.78 Å². The number of amides is 1. The fourth-order valence-electron chi connectivity index (χ4n) is 4.56. The van der Waals surface area contributed by atoms with Gasteiger partial charge < -0.3 is 39.5 Å². The lowest BCUT2D eigenvalue weighted by molar-refractivity contribution is -0.0196. The summed E-state index contributed by atoms with van der Waals surface area (Å²) in [6, 6.07) is 9.71. The van der Waals surface area contributed by atoms with Crippen molar-refractivity contribution < 1.29 is 42.4 Å². The lowest BCUT2D eigenvalue weighted by Gasteiger charge is -2.20. The molecular formula is C35H41FN8O8. The van der Waals surface area contributed by atoms with Crippen LogP contribution >= 0.6 is 0 Å². The van der Waals surface area contributed by atoms with Crippen molar-refractivity contribution in [2.45, 2.75) is 52.7 Å². The minimum absolute atomic E-state index is 0.00192. The number of ether oxygens (including phenoxy) is 6. The van der Waals surface area contributed by atoms with Gasteiger partial charge in [0.1, 0.15) is 30.3 Å². The van der Waals surface area contributed by atoms with Gasteiger partial charge in [0.25, 0.3) is 5.95 Å². The Balaban J connectivity index is 1.73. The Morgan fingerprint density at radius 1 is 1.06 bits per heavy atom. The molecule has 2 aromatic carbocycles. The Labute approximate surface area is 299 Å². The van der Waals surface area contributed by atoms with Gasteiger partial charge in [0, 0.05) is 35.3 Å². The van der Waals surface area contributed by atoms with Crippen LogP contribution in [0.2, 0.25) is 0 Å². The number of halogens is 1. The Bertz CT molecular complexity index is 1850. The largest absolute Gasteiger partial charge is 0.511 e. The lowest BCUT2D eigenvalue weighted by Crippen LogP contribution is -2.20. The molecule has 17 heteroatoms. The molecular weight excluding hydrogens is 679 g/mol. The molecule has 0 aliphatic rings. The summed E-state index contributed by atoms with van der Waals surface area (Å²) < 4.78 is 49.5. The van der Waals surface area contributed by atoms with Crippen molar-refractivity contribution in [3.8, 4) is 23.5 Å². The average molecular weight is 721 g/mol. The van der Waals surface area contributed by atoms with Gasteiger partial charge in [-0.1, -0.05) is 20.4 Å². The van der Waals surface area contributed by atoms with E-state index in [1.165, 1.54) is 36.3 Å². The molecule has 0 saturated heterocycles. The van der Waals surface area contributed by atoms with E-state index in [0.717, 1.165) is 0 Å². The van der Waals surface area contributed by atoms with Gasteiger partial charge in [0.2, 0.25) is 6.79 Å². The number of hydrogen-bond acceptors (Lipinski definition) is 13. The Morgan fingerprint density at radius 2 is 1.77 bits per heavy atom. The van der Waals surface area contributed by atoms with Gasteiger partial charge in [-0.25, -0.2) is 23.9 Å². The molecule has 276 valence electrons. The topological polar surface area (TPSA) is 196 Å². The minimum Gasteiger partial charge on any atom is -0.497 e. The molecule has 1 atom stereocenters. The quantitative estimate of drug-likeness (QED) is 0.0430. The third kappa shape index (κ3) is 10.4. The fraction of sp³-hybridized carbons (Fsp3) is 0.343. The lowest BCUT2D eigenvalue weighted by atomic mass is 10.0. The highest BCUT2D eigenvalue weighted by Crippen LogP contribution is 2.36. The smallest absolute Gasteiger partial charge is 0.497 e. The first-order chi connectivity index (χ1) is 25.1. The summed E-state index contributed by atoms with van der Waals surface area (Å²) in [5, 5.41) is 7.82. The molecule has 3 N–H and O–H groups in total. The van der Waals surface area contributed by atoms with E-state index in [0.29, 0.717) is 35.4 Å². The third-order valence-electron chi connectivity index (χ3n) is 7.16. The number of nitrogens with two attached hydrogens (primary N) is 1. The van der Waals surface area contributed by atoms with Crippen molar-refractivity contribution in [1.29, 1.82) is 0 Å². The highest BCUT2D eigenvalue weighted by atomic mass is 19.1. The Hall–Kier alpha value is -6.26. The summed E-state index contributed by atoms with van der Waals surface area (Å²) in [5.41, 5.74) is 7.63. The number of methoxy groups -OCH3 is 1. The number of anilines is 1. The number of aliphatic imine (C=N–C) groups is 1. The van der Waals surface area contributed by atoms with Crippen LogP contribution in [0, 0.1) is 5.82 Å². The summed E-state index contributed by atoms with van der Waals surface area (Å²) in [7, 11) is 1.44. The summed E-state index contributed by atoms with van der Waals surface area (Å²) >= 11 is 0. The average Bonchev–Trinajstić information content (AvgIpc) is 3.57. The van der Waals surface area contributed by atoms with Gasteiger partial charge >= 0.3 is 18.3 Å². The second-order valence-corrected chi connectivity index (χ2v) is 11.1. The molecule has 0 saturated carbocycles. The maximum Gasteiger partial charge on any atom is 0.511 e. The van der Waals surface area contributed by atoms with E-state index in [1.807, 2.05) is 13.8 Å². The molecule has 0 unspecified atom stereocenters. The first-order valence-corrected chi connectivity index (χ1v) is 16.3. The second-order valence-electron chi connectivity index (χ2n) is 11.1. The van der Waals surface area contributed by atoms with E-state index in [-0.39, 0.29) is 54.2 Å². The molecule has 0 aliphatic heterocycles. The van der Waals surface area contributed by atoms with Gasteiger partial charge in [0.05, 0.1) is 13.7 Å². The molecule has 1 amide bonds. The predicted molar refractivity (Wildman–Crippen MR) is 187 cm³/mol. The Kier molecular flexibility index (Phi) is 13.8. The zero-order valence-electron chi connectivity index (χ0n) is 29.5. The van der Waals surface area contributed by atoms with Crippen LogP contribution in [0.4, 0.5) is 19.7 Å². The van der Waals surface area contributed by atoms with Crippen LogP contribution < -0.4 is 25.3 Å². The van der Waals surface area contributed by atoms with Crippen molar-refractivity contribution in [2.75, 3.05) is 32.4 Å². The molecule has 2 aromatic heterocycles. The summed E-state index contributed by atoms with van der Waals surface area (Å²) in [5.74, 6) is -0.474. The van der Waals surface area contributed by atoms with Crippen molar-refractivity contribution in [2.24, 2.45) is 10.7 Å². The number of benzene rings is 2. The zero-order chi connectivity index (χ0) is 37.6. The maximum atomic E-state index is 16.2. The molecule has 0 radical (unpaired) electrons. The van der Waals surface area contributed by atoms with Gasteiger partial charge in [0.15, 0.2) is 17.4 Å². The normalized spacial score (nSPS) is 11.8. The molecule has 4 rings (SSSR count). The Morgan fingerprint density at radius 3 is 2.40 bits per heavy atom. The van der Waals surface area contributed by atoms with Crippen LogP contribution in [-0.4, -0.2) is 76.0 Å². The van der Waals surface area contributed by atoms with E-state index in [2.05, 4.69) is 36.9 Å². The number of rotatable bonds is 17. The highest BCUT2D eigenvalue weighted by Gasteiger charge is 2.29. The van der Waals surface area contributed by atoms with Crippen LogP contribution in [0.3, 0.4) is 0 Å². The van der Waals surface area contributed by atoms with Gasteiger partial charge in [-0.05, 0) is 68.7 Å². The maximum absolute atomic E-state index is 16.2. The van der Waals surface area contributed by atoms with Crippen LogP contribution in [-0.2, 0) is 14.2 Å². The molecule has 0 spiro atoms. The van der Waals surface area contributed by atoms with E-state index < -0.39 is 30.9 Å². The number of nitrogens with zero attached hydrogens (tertiary/aromatic N) is 6. The summed E-state index contributed by atoms with van der Waals surface area (Å²) in [6.45, 7) is 10.5. The number of amidine groups is 1. The second kappa shape index (κ2) is 18.7. The highest BCUT2D eigenvalue weighted by molar-refractivity contribution is 6.02. The zero-order valence-corrected chi connectivity index (χ0v) is 29.5. The fourth-order valence-corrected chi connectivity index (χ4v) is 4.56. The standard InChI is InChI=1S/C35H41FN8O8/c1-7-24(8-2)52-35(46)51-20-50-33-42-31(43-44(33)32-38-15-10-16-39-32)29(26-17-25(47-6)18-27(28(26)36)48-9-3)40-23-13-11-22(12-14-23)30(37)41-34(45)49-19-21(4)5/h10-18,24,29,40H,4,7-9,19-20H2,1-3,5-6H3,(H2,37,41,45)/t29-/m1/s1. The minimum atomic E-state index is -1.11. The molecule has 0 bridgehead atoms. The van der Waals surface area contributed by atoms with Crippen molar-refractivity contribution >= 4 is 23.8 Å². The number of hydrogen-bond donors (Lipinski definition) is 2. The predicted octanol–water partition coefficient (Wildman–Crippen LogP) is 5.90. The number of carbonyl (C=O) groups is 2. The molecule has 4 aromatic rings. The molecule has 52 heavy (non-hydrogen) atoms. The van der Waals surface area contributed by atoms with Crippen LogP contribution in [0.5, 0.6) is 17.5 Å². The van der Waals surface area contributed by atoms with Crippen molar-refractivity contribution in [1.82, 2.24) is 24.7 Å². The number of aromatic nitrogens is 5. The van der Waals surface area contributed by atoms with Gasteiger partial charge in [-0.2, -0.15) is 9.98 Å². The molecule has 16 nitrogen and oxygen atoms in total. The first kappa shape index (κ1) is 38.5. The number of nitrogens with one attached hydrogen (secondary N) is 1. The number of carbonyl (C=O) groups excluding carboxylic acids is 2. The van der Waals surface area contributed by atoms with E-state index in [1.54, 1.807) is 44.2 Å². The van der Waals surface area contributed by atoms with Crippen LogP contribution in [0.1, 0.15) is 63.5 Å². The van der Waals surface area contributed by atoms with Crippen molar-refractivity contribution in [3.63, 3.8) is 0 Å². The van der Waals surface area contributed by atoms with Crippen LogP contribution in [0.15, 0.2) is 72.0 Å². The third-order valence-corrected chi connectivity index (χ3v) is 7.16. The molecule has 2 heterocycles. The summed E-state index contributed by atoms with van der Waals surface area (Å²) in [6.07, 6.45) is 2.10. The monoisotopic (exact) mass is 720 g/mol. The van der Waals surface area contributed by atoms with Gasteiger partial charge in [-0.3, -0.25) is 0 Å².